The van der Waals surface area contributed by atoms with Gasteiger partial charge in [0.05, 0.1) is 21.8 Å². The van der Waals surface area contributed by atoms with Crippen molar-refractivity contribution in [2.75, 3.05) is 6.26 Å². The zero-order chi connectivity index (χ0) is 25.7. The molecule has 0 radical (unpaired) electrons. The SMILES string of the molecule is CC[Si](CC)(CC)OC(c1ccc(S(C)(=O)=O)cc1)C(C)SC(C)C(=O)c1ccc(F)cc1F. The summed E-state index contributed by atoms with van der Waals surface area (Å²) in [6.07, 6.45) is 0.804. The highest BCUT2D eigenvalue weighted by molar-refractivity contribution is 8.01. The molecule has 3 unspecified atom stereocenters. The second kappa shape index (κ2) is 11.9. The molecule has 2 aromatic rings. The van der Waals surface area contributed by atoms with E-state index in [1.54, 1.807) is 31.2 Å². The molecule has 0 N–H and O–H groups in total. The molecule has 188 valence electrons. The molecule has 0 aliphatic carbocycles. The number of hydrogen-bond acceptors (Lipinski definition) is 5. The van der Waals surface area contributed by atoms with Crippen molar-refractivity contribution < 1.29 is 26.4 Å². The van der Waals surface area contributed by atoms with E-state index in [4.69, 9.17) is 4.43 Å². The third-order valence-electron chi connectivity index (χ3n) is 6.36. The summed E-state index contributed by atoms with van der Waals surface area (Å²) in [5.74, 6) is -2.01. The fourth-order valence-corrected chi connectivity index (χ4v) is 8.83. The van der Waals surface area contributed by atoms with Crippen LogP contribution in [-0.2, 0) is 14.3 Å². The molecule has 0 saturated heterocycles. The molecule has 0 amide bonds. The van der Waals surface area contributed by atoms with Crippen LogP contribution in [0.15, 0.2) is 47.4 Å². The van der Waals surface area contributed by atoms with Crippen LogP contribution in [0, 0.1) is 11.6 Å². The van der Waals surface area contributed by atoms with Crippen LogP contribution in [0.1, 0.15) is 56.6 Å². The molecule has 0 aliphatic heterocycles. The van der Waals surface area contributed by atoms with Gasteiger partial charge in [-0.1, -0.05) is 39.8 Å². The molecule has 2 aromatic carbocycles. The standard InChI is InChI=1S/C25H34F2O4S2Si/c1-7-34(8-2,9-3)31-25(19-10-13-21(14-11-19)33(6,29)30)18(5)32-17(4)24(28)22-15-12-20(26)16-23(22)27/h10-18,25H,7-9H2,1-6H3. The minimum atomic E-state index is -3.33. The molecular weight excluding hydrogens is 494 g/mol. The lowest BCUT2D eigenvalue weighted by atomic mass is 10.1. The quantitative estimate of drug-likeness (QED) is 0.223. The summed E-state index contributed by atoms with van der Waals surface area (Å²) in [5, 5.41) is -0.764. The smallest absolute Gasteiger partial charge is 0.192 e. The van der Waals surface area contributed by atoms with Crippen LogP contribution in [0.5, 0.6) is 0 Å². The molecule has 3 atom stereocenters. The number of hydrogen-bond donors (Lipinski definition) is 0. The Morgan fingerprint density at radius 1 is 1.00 bits per heavy atom. The van der Waals surface area contributed by atoms with Crippen molar-refractivity contribution in [3.8, 4) is 0 Å². The number of thioether (sulfide) groups is 1. The molecule has 0 aromatic heterocycles. The summed E-state index contributed by atoms with van der Waals surface area (Å²) < 4.78 is 58.1. The van der Waals surface area contributed by atoms with E-state index in [0.717, 1.165) is 29.8 Å². The van der Waals surface area contributed by atoms with Gasteiger partial charge in [0.25, 0.3) is 0 Å². The second-order valence-corrected chi connectivity index (χ2v) is 17.1. The first kappa shape index (κ1) is 28.7. The number of carbonyl (C=O) groups excluding carboxylic acids is 1. The van der Waals surface area contributed by atoms with Crippen LogP contribution in [-0.4, -0.2) is 39.3 Å². The van der Waals surface area contributed by atoms with Crippen LogP contribution in [0.25, 0.3) is 0 Å². The first-order chi connectivity index (χ1) is 15.9. The highest BCUT2D eigenvalue weighted by Gasteiger charge is 2.36. The third-order valence-corrected chi connectivity index (χ3v) is 13.4. The Balaban J connectivity index is 2.36. The number of carbonyl (C=O) groups is 1. The van der Waals surface area contributed by atoms with E-state index in [-0.39, 0.29) is 21.8 Å². The first-order valence-corrected chi connectivity index (χ1v) is 16.9. The summed E-state index contributed by atoms with van der Waals surface area (Å²) in [5.41, 5.74) is 0.704. The van der Waals surface area contributed by atoms with Gasteiger partial charge in [0.15, 0.2) is 23.9 Å². The maximum atomic E-state index is 14.2. The predicted molar refractivity (Wildman–Crippen MR) is 138 cm³/mol. The lowest BCUT2D eigenvalue weighted by Crippen LogP contribution is -2.39. The molecule has 0 spiro atoms. The molecule has 0 bridgehead atoms. The van der Waals surface area contributed by atoms with Crippen molar-refractivity contribution in [2.45, 2.75) is 74.3 Å². The Labute approximate surface area is 207 Å². The molecule has 0 saturated carbocycles. The minimum Gasteiger partial charge on any atom is -0.409 e. The van der Waals surface area contributed by atoms with Gasteiger partial charge in [-0.05, 0) is 54.9 Å². The maximum absolute atomic E-state index is 14.2. The fraction of sp³-hybridized carbons (Fsp3) is 0.480. The van der Waals surface area contributed by atoms with Crippen molar-refractivity contribution >= 4 is 35.7 Å². The van der Waals surface area contributed by atoms with E-state index in [2.05, 4.69) is 20.8 Å². The van der Waals surface area contributed by atoms with Gasteiger partial charge in [0.2, 0.25) is 0 Å². The van der Waals surface area contributed by atoms with Crippen LogP contribution >= 0.6 is 11.8 Å². The highest BCUT2D eigenvalue weighted by atomic mass is 32.2. The van der Waals surface area contributed by atoms with Gasteiger partial charge in [-0.25, -0.2) is 17.2 Å². The number of benzene rings is 2. The van der Waals surface area contributed by atoms with Gasteiger partial charge in [-0.3, -0.25) is 4.79 Å². The van der Waals surface area contributed by atoms with Crippen molar-refractivity contribution in [3.63, 3.8) is 0 Å². The number of halogens is 2. The van der Waals surface area contributed by atoms with E-state index in [9.17, 15) is 22.0 Å². The van der Waals surface area contributed by atoms with Crippen LogP contribution in [0.2, 0.25) is 18.1 Å². The molecule has 34 heavy (non-hydrogen) atoms. The van der Waals surface area contributed by atoms with Gasteiger partial charge in [0, 0.05) is 17.6 Å². The van der Waals surface area contributed by atoms with E-state index in [1.165, 1.54) is 24.1 Å². The largest absolute Gasteiger partial charge is 0.409 e. The van der Waals surface area contributed by atoms with Crippen LogP contribution in [0.4, 0.5) is 8.78 Å². The highest BCUT2D eigenvalue weighted by Crippen LogP contribution is 2.38. The second-order valence-electron chi connectivity index (χ2n) is 8.60. The lowest BCUT2D eigenvalue weighted by molar-refractivity contribution is 0.0989. The van der Waals surface area contributed by atoms with E-state index in [0.29, 0.717) is 6.07 Å². The van der Waals surface area contributed by atoms with Gasteiger partial charge in [-0.15, -0.1) is 11.8 Å². The van der Waals surface area contributed by atoms with Crippen molar-refractivity contribution in [1.29, 1.82) is 0 Å². The van der Waals surface area contributed by atoms with Crippen molar-refractivity contribution in [1.82, 2.24) is 0 Å². The molecule has 2 rings (SSSR count). The molecule has 9 heteroatoms. The normalized spacial score (nSPS) is 15.1. The zero-order valence-electron chi connectivity index (χ0n) is 20.6. The average Bonchev–Trinajstić information content (AvgIpc) is 2.79. The number of ketones is 1. The Morgan fingerprint density at radius 3 is 2.03 bits per heavy atom. The van der Waals surface area contributed by atoms with E-state index in [1.807, 2.05) is 6.92 Å². The summed E-state index contributed by atoms with van der Waals surface area (Å²) in [4.78, 5) is 13.1. The van der Waals surface area contributed by atoms with Crippen molar-refractivity contribution in [2.24, 2.45) is 0 Å². The summed E-state index contributed by atoms with van der Waals surface area (Å²) in [6.45, 7) is 10.1. The Morgan fingerprint density at radius 2 is 1.56 bits per heavy atom. The van der Waals surface area contributed by atoms with Gasteiger partial charge < -0.3 is 4.43 Å². The van der Waals surface area contributed by atoms with Crippen molar-refractivity contribution in [3.05, 3.63) is 65.2 Å². The van der Waals surface area contributed by atoms with Gasteiger partial charge in [-0.2, -0.15) is 0 Å². The first-order valence-electron chi connectivity index (χ1n) is 11.5. The predicted octanol–water partition coefficient (Wildman–Crippen LogP) is 6.82. The van der Waals surface area contributed by atoms with Crippen LogP contribution < -0.4 is 0 Å². The Hall–Kier alpha value is -1.55. The summed E-state index contributed by atoms with van der Waals surface area (Å²) in [7, 11) is -5.38. The zero-order valence-corrected chi connectivity index (χ0v) is 23.2. The number of sulfone groups is 1. The molecule has 0 aliphatic rings. The molecular formula is C25H34F2O4S2Si. The van der Waals surface area contributed by atoms with E-state index >= 15 is 0 Å². The molecule has 0 heterocycles. The Kier molecular flexibility index (Phi) is 10.1. The van der Waals surface area contributed by atoms with Crippen LogP contribution in [0.3, 0.4) is 0 Å². The van der Waals surface area contributed by atoms with Gasteiger partial charge >= 0.3 is 0 Å². The monoisotopic (exact) mass is 528 g/mol. The molecule has 0 fully saturated rings. The lowest BCUT2D eigenvalue weighted by Gasteiger charge is -2.36. The Bertz CT molecular complexity index is 1080. The minimum absolute atomic E-state index is 0.136. The molecule has 4 nitrogen and oxygen atoms in total. The fourth-order valence-electron chi connectivity index (χ4n) is 3.97. The van der Waals surface area contributed by atoms with Gasteiger partial charge in [0.1, 0.15) is 11.6 Å². The topological polar surface area (TPSA) is 60.4 Å². The summed E-state index contributed by atoms with van der Waals surface area (Å²) in [6, 6.07) is 12.5. The average molecular weight is 529 g/mol. The number of Topliss-reactive ketones (excluding diaryl/α,β-unsaturated/α-hetero) is 1. The van der Waals surface area contributed by atoms with E-state index < -0.39 is 40.8 Å². The number of rotatable bonds is 12. The summed E-state index contributed by atoms with van der Waals surface area (Å²) >= 11 is 1.37. The third kappa shape index (κ3) is 6.99. The maximum Gasteiger partial charge on any atom is 0.192 e.